The molecule has 254 valence electrons. The van der Waals surface area contributed by atoms with Crippen molar-refractivity contribution in [1.82, 2.24) is 0 Å². The summed E-state index contributed by atoms with van der Waals surface area (Å²) in [5.74, 6) is 0. The summed E-state index contributed by atoms with van der Waals surface area (Å²) >= 11 is 0. The zero-order valence-electron chi connectivity index (χ0n) is 29.6. The van der Waals surface area contributed by atoms with Crippen molar-refractivity contribution in [1.29, 1.82) is 0 Å². The normalized spacial score (nSPS) is 11.3. The van der Waals surface area contributed by atoms with E-state index in [-0.39, 0.29) is 0 Å². The van der Waals surface area contributed by atoms with Crippen LogP contribution >= 0.6 is 0 Å². The number of nitrogens with zero attached hydrogens (tertiary/aromatic N) is 1. The van der Waals surface area contributed by atoms with Crippen molar-refractivity contribution in [3.63, 3.8) is 0 Å². The molecule has 10 aromatic rings. The fourth-order valence-electron chi connectivity index (χ4n) is 7.72. The van der Waals surface area contributed by atoms with E-state index in [1.54, 1.807) is 0 Å². The number of furan rings is 1. The molecule has 1 heterocycles. The number of benzene rings is 9. The molecular formula is C52H35NO. The van der Waals surface area contributed by atoms with Crippen LogP contribution in [0.3, 0.4) is 0 Å². The Labute approximate surface area is 314 Å². The molecule has 0 fully saturated rings. The van der Waals surface area contributed by atoms with E-state index in [4.69, 9.17) is 4.42 Å². The Morgan fingerprint density at radius 2 is 0.759 bits per heavy atom. The summed E-state index contributed by atoms with van der Waals surface area (Å²) in [6.45, 7) is 0. The van der Waals surface area contributed by atoms with Crippen LogP contribution in [-0.2, 0) is 0 Å². The second-order valence-electron chi connectivity index (χ2n) is 13.8. The number of para-hydroxylation sites is 1. The van der Waals surface area contributed by atoms with Gasteiger partial charge in [0.05, 0.1) is 11.1 Å². The van der Waals surface area contributed by atoms with Crippen LogP contribution in [-0.4, -0.2) is 0 Å². The fourth-order valence-corrected chi connectivity index (χ4v) is 7.72. The maximum atomic E-state index is 6.37. The lowest BCUT2D eigenvalue weighted by Crippen LogP contribution is -2.10. The Bertz CT molecular complexity index is 2910. The Kier molecular flexibility index (Phi) is 7.85. The van der Waals surface area contributed by atoms with Crippen LogP contribution in [0.25, 0.3) is 77.2 Å². The molecule has 0 N–H and O–H groups in total. The molecule has 0 aliphatic rings. The first-order chi connectivity index (χ1) is 26.7. The van der Waals surface area contributed by atoms with E-state index in [0.29, 0.717) is 0 Å². The van der Waals surface area contributed by atoms with Gasteiger partial charge in [0.15, 0.2) is 0 Å². The molecule has 2 heteroatoms. The van der Waals surface area contributed by atoms with E-state index >= 15 is 0 Å². The minimum Gasteiger partial charge on any atom is -0.456 e. The number of hydrogen-bond acceptors (Lipinski definition) is 2. The average molecular weight is 690 g/mol. The third-order valence-electron chi connectivity index (χ3n) is 10.5. The second-order valence-corrected chi connectivity index (χ2v) is 13.8. The molecule has 0 aliphatic heterocycles. The highest BCUT2D eigenvalue weighted by molar-refractivity contribution is 6.13. The van der Waals surface area contributed by atoms with Crippen LogP contribution < -0.4 is 4.90 Å². The summed E-state index contributed by atoms with van der Waals surface area (Å²) in [7, 11) is 0. The van der Waals surface area contributed by atoms with Crippen molar-refractivity contribution in [3.05, 3.63) is 212 Å². The number of anilines is 3. The van der Waals surface area contributed by atoms with Crippen molar-refractivity contribution in [3.8, 4) is 44.5 Å². The van der Waals surface area contributed by atoms with Gasteiger partial charge in [-0.3, -0.25) is 0 Å². The zero-order valence-corrected chi connectivity index (χ0v) is 29.6. The number of fused-ring (bicyclic) bond motifs is 4. The van der Waals surface area contributed by atoms with Gasteiger partial charge >= 0.3 is 0 Å². The van der Waals surface area contributed by atoms with E-state index in [0.717, 1.165) is 44.6 Å². The molecule has 9 aromatic carbocycles. The van der Waals surface area contributed by atoms with Gasteiger partial charge in [-0.05, 0) is 110 Å². The molecule has 0 amide bonds. The van der Waals surface area contributed by atoms with Crippen molar-refractivity contribution in [2.45, 2.75) is 0 Å². The fraction of sp³-hybridized carbons (Fsp3) is 0. The van der Waals surface area contributed by atoms with Gasteiger partial charge < -0.3 is 9.32 Å². The largest absolute Gasteiger partial charge is 0.456 e. The van der Waals surface area contributed by atoms with Gasteiger partial charge in [0.2, 0.25) is 0 Å². The van der Waals surface area contributed by atoms with Gasteiger partial charge in [0.1, 0.15) is 11.2 Å². The Balaban J connectivity index is 1.05. The minimum atomic E-state index is 0.870. The standard InChI is InChI=1S/C52H35NO/c1-3-11-36(12-4-1)38-21-23-39(24-22-38)41-15-9-16-47(35-41)53(49-18-10-20-51-52(49)48-17-7-8-19-50(48)54-51)46-31-29-40(30-32-46)43-26-28-44-33-42(25-27-45(44)34-43)37-13-5-2-6-14-37/h1-35H. The predicted molar refractivity (Wildman–Crippen MR) is 228 cm³/mol. The molecule has 0 spiro atoms. The molecule has 10 rings (SSSR count). The summed E-state index contributed by atoms with van der Waals surface area (Å²) in [4.78, 5) is 2.36. The first-order valence-corrected chi connectivity index (χ1v) is 18.4. The number of hydrogen-bond donors (Lipinski definition) is 0. The Morgan fingerprint density at radius 3 is 1.43 bits per heavy atom. The smallest absolute Gasteiger partial charge is 0.137 e. The third kappa shape index (κ3) is 5.81. The van der Waals surface area contributed by atoms with Crippen LogP contribution in [0.5, 0.6) is 0 Å². The maximum absolute atomic E-state index is 6.37. The van der Waals surface area contributed by atoms with Crippen molar-refractivity contribution < 1.29 is 4.42 Å². The minimum absolute atomic E-state index is 0.870. The van der Waals surface area contributed by atoms with E-state index in [9.17, 15) is 0 Å². The topological polar surface area (TPSA) is 16.4 Å². The summed E-state index contributed by atoms with van der Waals surface area (Å²) in [6, 6.07) is 75.9. The summed E-state index contributed by atoms with van der Waals surface area (Å²) in [6.07, 6.45) is 0. The van der Waals surface area contributed by atoms with Crippen molar-refractivity contribution in [2.24, 2.45) is 0 Å². The Hall–Kier alpha value is -7.16. The first-order valence-electron chi connectivity index (χ1n) is 18.4. The van der Waals surface area contributed by atoms with Gasteiger partial charge in [-0.15, -0.1) is 0 Å². The molecule has 0 aliphatic carbocycles. The summed E-state index contributed by atoms with van der Waals surface area (Å²) < 4.78 is 6.37. The molecule has 0 saturated carbocycles. The quantitative estimate of drug-likeness (QED) is 0.166. The second kappa shape index (κ2) is 13.4. The van der Waals surface area contributed by atoms with Gasteiger partial charge in [0.25, 0.3) is 0 Å². The molecule has 54 heavy (non-hydrogen) atoms. The van der Waals surface area contributed by atoms with Gasteiger partial charge in [-0.25, -0.2) is 0 Å². The zero-order chi connectivity index (χ0) is 35.8. The third-order valence-corrected chi connectivity index (χ3v) is 10.5. The molecule has 0 bridgehead atoms. The molecule has 0 unspecified atom stereocenters. The van der Waals surface area contributed by atoms with Crippen molar-refractivity contribution in [2.75, 3.05) is 4.90 Å². The van der Waals surface area contributed by atoms with E-state index in [1.165, 1.54) is 49.7 Å². The van der Waals surface area contributed by atoms with Crippen LogP contribution in [0.2, 0.25) is 0 Å². The average Bonchev–Trinajstić information content (AvgIpc) is 3.64. The Morgan fingerprint density at radius 1 is 0.296 bits per heavy atom. The lowest BCUT2D eigenvalue weighted by molar-refractivity contribution is 0.669. The molecular weight excluding hydrogens is 655 g/mol. The first kappa shape index (κ1) is 31.6. The molecule has 0 radical (unpaired) electrons. The highest BCUT2D eigenvalue weighted by Gasteiger charge is 2.20. The SMILES string of the molecule is c1ccc(-c2ccc(-c3cccc(N(c4ccc(-c5ccc6cc(-c7ccccc7)ccc6c5)cc4)c4cccc5oc6ccccc6c45)c3)cc2)cc1. The summed E-state index contributed by atoms with van der Waals surface area (Å²) in [5.41, 5.74) is 14.5. The lowest BCUT2D eigenvalue weighted by Gasteiger charge is -2.27. The molecule has 2 nitrogen and oxygen atoms in total. The molecule has 1 aromatic heterocycles. The highest BCUT2D eigenvalue weighted by Crippen LogP contribution is 2.44. The predicted octanol–water partition coefficient (Wildman–Crippen LogP) is 14.9. The number of rotatable bonds is 7. The van der Waals surface area contributed by atoms with Crippen LogP contribution in [0, 0.1) is 0 Å². The lowest BCUT2D eigenvalue weighted by atomic mass is 9.97. The highest BCUT2D eigenvalue weighted by atomic mass is 16.3. The maximum Gasteiger partial charge on any atom is 0.137 e. The van der Waals surface area contributed by atoms with E-state index in [1.807, 2.05) is 12.1 Å². The van der Waals surface area contributed by atoms with Gasteiger partial charge in [-0.2, -0.15) is 0 Å². The van der Waals surface area contributed by atoms with Gasteiger partial charge in [-0.1, -0.05) is 158 Å². The van der Waals surface area contributed by atoms with Crippen LogP contribution in [0.1, 0.15) is 0 Å². The van der Waals surface area contributed by atoms with Gasteiger partial charge in [0, 0.05) is 16.8 Å². The monoisotopic (exact) mass is 689 g/mol. The van der Waals surface area contributed by atoms with Crippen LogP contribution in [0.15, 0.2) is 217 Å². The summed E-state index contributed by atoms with van der Waals surface area (Å²) in [5, 5.41) is 4.66. The molecule has 0 saturated heterocycles. The van der Waals surface area contributed by atoms with E-state index < -0.39 is 0 Å². The van der Waals surface area contributed by atoms with Crippen molar-refractivity contribution >= 4 is 49.8 Å². The van der Waals surface area contributed by atoms with E-state index in [2.05, 4.69) is 205 Å². The molecule has 0 atom stereocenters. The van der Waals surface area contributed by atoms with Crippen LogP contribution in [0.4, 0.5) is 17.1 Å².